The Morgan fingerprint density at radius 2 is 1.92 bits per heavy atom. The van der Waals surface area contributed by atoms with Crippen molar-refractivity contribution >= 4 is 27.0 Å². The fraction of sp³-hybridized carbons (Fsp3) is 0.481. The molecule has 38 heavy (non-hydrogen) atoms. The van der Waals surface area contributed by atoms with Crippen LogP contribution in [0.5, 0.6) is 0 Å². The lowest BCUT2D eigenvalue weighted by Crippen LogP contribution is -2.46. The number of para-hydroxylation sites is 1. The normalized spacial score (nSPS) is 15.9. The van der Waals surface area contributed by atoms with E-state index in [1.807, 2.05) is 37.3 Å². The molecule has 1 amide bonds. The van der Waals surface area contributed by atoms with Crippen molar-refractivity contribution in [1.82, 2.24) is 24.6 Å². The topological polar surface area (TPSA) is 135 Å². The Morgan fingerprint density at radius 3 is 2.66 bits per heavy atom. The number of benzene rings is 1. The summed E-state index contributed by atoms with van der Waals surface area (Å²) in [5, 5.41) is 12.7. The number of carboxylic acid groups (broad SMARTS) is 1. The largest absolute Gasteiger partial charge is 0.465 e. The predicted molar refractivity (Wildman–Crippen MR) is 144 cm³/mol. The molecular formula is C27H35N5O5S. The highest BCUT2D eigenvalue weighted by Crippen LogP contribution is 2.23. The summed E-state index contributed by atoms with van der Waals surface area (Å²) in [6, 6.07) is 11.1. The summed E-state index contributed by atoms with van der Waals surface area (Å²) in [6.45, 7) is 3.84. The summed E-state index contributed by atoms with van der Waals surface area (Å²) in [5.74, 6) is 0.667. The number of hydrogen-bond donors (Lipinski definition) is 2. The second-order valence-corrected chi connectivity index (χ2v) is 11.8. The third-order valence-corrected chi connectivity index (χ3v) is 8.80. The van der Waals surface area contributed by atoms with E-state index in [0.717, 1.165) is 22.2 Å². The molecule has 1 aliphatic heterocycles. The number of fused-ring (bicyclic) bond motifs is 1. The highest BCUT2D eigenvalue weighted by atomic mass is 32.2. The van der Waals surface area contributed by atoms with E-state index in [1.54, 1.807) is 18.5 Å². The van der Waals surface area contributed by atoms with Gasteiger partial charge < -0.3 is 15.2 Å². The summed E-state index contributed by atoms with van der Waals surface area (Å²) >= 11 is 0. The Bertz CT molecular complexity index is 1310. The Kier molecular flexibility index (Phi) is 9.59. The van der Waals surface area contributed by atoms with Crippen molar-refractivity contribution in [2.24, 2.45) is 5.92 Å². The second-order valence-electron chi connectivity index (χ2n) is 9.78. The Morgan fingerprint density at radius 1 is 1.18 bits per heavy atom. The van der Waals surface area contributed by atoms with Gasteiger partial charge in [0.2, 0.25) is 10.0 Å². The first kappa shape index (κ1) is 27.9. The van der Waals surface area contributed by atoms with E-state index in [1.165, 1.54) is 4.31 Å². The number of hydrogen-bond acceptors (Lipinski definition) is 7. The molecule has 1 unspecified atom stereocenters. The van der Waals surface area contributed by atoms with E-state index in [0.29, 0.717) is 64.2 Å². The third kappa shape index (κ3) is 7.92. The third-order valence-electron chi connectivity index (χ3n) is 6.82. The molecule has 4 rings (SSSR count). The van der Waals surface area contributed by atoms with Gasteiger partial charge in [0.15, 0.2) is 0 Å². The summed E-state index contributed by atoms with van der Waals surface area (Å²) in [4.78, 5) is 24.2. The summed E-state index contributed by atoms with van der Waals surface area (Å²) in [7, 11) is -3.61. The number of aromatic nitrogens is 3. The fourth-order valence-corrected chi connectivity index (χ4v) is 6.64. The molecule has 0 spiro atoms. The van der Waals surface area contributed by atoms with Crippen molar-refractivity contribution in [1.29, 1.82) is 0 Å². The number of nitrogens with one attached hydrogen (secondary N) is 1. The van der Waals surface area contributed by atoms with Gasteiger partial charge in [-0.2, -0.15) is 0 Å². The average molecular weight is 542 g/mol. The highest BCUT2D eigenvalue weighted by Gasteiger charge is 2.31. The lowest BCUT2D eigenvalue weighted by molar-refractivity contribution is 0.0693. The van der Waals surface area contributed by atoms with Gasteiger partial charge in [0.1, 0.15) is 5.82 Å². The van der Waals surface area contributed by atoms with Gasteiger partial charge in [0.05, 0.1) is 17.9 Å². The van der Waals surface area contributed by atoms with Crippen LogP contribution in [0.2, 0.25) is 0 Å². The number of sulfonamides is 1. The van der Waals surface area contributed by atoms with Gasteiger partial charge in [-0.15, -0.1) is 0 Å². The van der Waals surface area contributed by atoms with Crippen LogP contribution in [0.15, 0.2) is 48.8 Å². The first-order chi connectivity index (χ1) is 18.3. The van der Waals surface area contributed by atoms with Crippen LogP contribution in [-0.2, 0) is 27.8 Å². The van der Waals surface area contributed by atoms with Crippen LogP contribution in [0.4, 0.5) is 4.79 Å². The molecule has 0 aliphatic carbocycles. The van der Waals surface area contributed by atoms with Gasteiger partial charge in [-0.1, -0.05) is 18.2 Å². The summed E-state index contributed by atoms with van der Waals surface area (Å²) < 4.78 is 33.7. The molecule has 2 aromatic heterocycles. The zero-order chi connectivity index (χ0) is 27.0. The maximum absolute atomic E-state index is 13.1. The van der Waals surface area contributed by atoms with Gasteiger partial charge in [-0.25, -0.2) is 27.5 Å². The number of pyridine rings is 1. The monoisotopic (exact) mass is 541 g/mol. The van der Waals surface area contributed by atoms with Crippen LogP contribution >= 0.6 is 0 Å². The number of carbonyl (C=O) groups is 1. The fourth-order valence-electron chi connectivity index (χ4n) is 4.90. The maximum Gasteiger partial charge on any atom is 0.404 e. The molecule has 1 saturated heterocycles. The number of nitrogens with zero attached hydrogens (tertiary/aromatic N) is 4. The molecule has 1 fully saturated rings. The predicted octanol–water partition coefficient (Wildman–Crippen LogP) is 3.55. The molecular weight excluding hydrogens is 506 g/mol. The molecule has 204 valence electrons. The zero-order valence-electron chi connectivity index (χ0n) is 21.6. The lowest BCUT2D eigenvalue weighted by Gasteiger charge is -2.32. The van der Waals surface area contributed by atoms with E-state index in [2.05, 4.69) is 20.3 Å². The molecule has 11 heteroatoms. The molecule has 3 heterocycles. The minimum absolute atomic E-state index is 0.259. The highest BCUT2D eigenvalue weighted by molar-refractivity contribution is 7.89. The van der Waals surface area contributed by atoms with E-state index in [-0.39, 0.29) is 11.7 Å². The molecule has 0 bridgehead atoms. The minimum Gasteiger partial charge on any atom is -0.465 e. The van der Waals surface area contributed by atoms with Crippen molar-refractivity contribution in [3.63, 3.8) is 0 Å². The molecule has 1 aromatic carbocycles. The van der Waals surface area contributed by atoms with Crippen LogP contribution in [0.25, 0.3) is 10.9 Å². The van der Waals surface area contributed by atoms with Crippen molar-refractivity contribution in [3.05, 3.63) is 65.9 Å². The molecule has 10 nitrogen and oxygen atoms in total. The number of rotatable bonds is 12. The standard InChI is InChI=1S/C27H35N5O5S/c1-20-16-22(24-7-2-3-8-25(24)30-20)18-37-17-21-10-14-32(15-11-21)38(35,36)19-23(31-27(33)34)6-4-9-26-28-12-5-13-29-26/h2-3,5,7-8,12-13,16,21,23,31H,4,6,9-11,14-15,17-19H2,1H3,(H,33,34). The first-order valence-corrected chi connectivity index (χ1v) is 14.6. The SMILES string of the molecule is Cc1cc(COCC2CCN(S(=O)(=O)CC(CCCc3ncccn3)NC(=O)O)CC2)c2ccccc2n1. The van der Waals surface area contributed by atoms with Gasteiger partial charge >= 0.3 is 6.09 Å². The van der Waals surface area contributed by atoms with Crippen molar-refractivity contribution in [2.75, 3.05) is 25.4 Å². The van der Waals surface area contributed by atoms with E-state index in [4.69, 9.17) is 4.74 Å². The van der Waals surface area contributed by atoms with Gasteiger partial charge in [-0.3, -0.25) is 4.98 Å². The second kappa shape index (κ2) is 13.1. The van der Waals surface area contributed by atoms with Gasteiger partial charge in [0.25, 0.3) is 0 Å². The van der Waals surface area contributed by atoms with E-state index >= 15 is 0 Å². The van der Waals surface area contributed by atoms with E-state index < -0.39 is 22.2 Å². The number of ether oxygens (including phenoxy) is 1. The average Bonchev–Trinajstić information content (AvgIpc) is 2.89. The number of aryl methyl sites for hydroxylation is 2. The smallest absolute Gasteiger partial charge is 0.404 e. The number of amides is 1. The molecule has 1 aliphatic rings. The molecule has 2 N–H and O–H groups in total. The van der Waals surface area contributed by atoms with Gasteiger partial charge in [-0.05, 0) is 62.3 Å². The Balaban J connectivity index is 1.24. The van der Waals surface area contributed by atoms with Crippen LogP contribution in [0.1, 0.15) is 42.8 Å². The Hall–Kier alpha value is -3.15. The van der Waals surface area contributed by atoms with Crippen molar-refractivity contribution < 1.29 is 23.1 Å². The van der Waals surface area contributed by atoms with Crippen LogP contribution < -0.4 is 5.32 Å². The van der Waals surface area contributed by atoms with Crippen LogP contribution in [-0.4, -0.2) is 70.4 Å². The molecule has 3 aromatic rings. The van der Waals surface area contributed by atoms with Crippen LogP contribution in [0, 0.1) is 12.8 Å². The quantitative estimate of drug-likeness (QED) is 0.355. The first-order valence-electron chi connectivity index (χ1n) is 13.0. The lowest BCUT2D eigenvalue weighted by atomic mass is 9.99. The molecule has 1 atom stereocenters. The van der Waals surface area contributed by atoms with E-state index in [9.17, 15) is 18.3 Å². The molecule has 0 saturated carbocycles. The summed E-state index contributed by atoms with van der Waals surface area (Å²) in [6.07, 6.45) is 5.00. The number of piperidine rings is 1. The molecule has 0 radical (unpaired) electrons. The Labute approximate surface area is 223 Å². The summed E-state index contributed by atoms with van der Waals surface area (Å²) in [5.41, 5.74) is 3.00. The van der Waals surface area contributed by atoms with Crippen molar-refractivity contribution in [2.45, 2.75) is 51.7 Å². The maximum atomic E-state index is 13.1. The van der Waals surface area contributed by atoms with Gasteiger partial charge in [0, 0.05) is 55.6 Å². The van der Waals surface area contributed by atoms with Crippen LogP contribution in [0.3, 0.4) is 0 Å². The van der Waals surface area contributed by atoms with Crippen molar-refractivity contribution in [3.8, 4) is 0 Å². The zero-order valence-corrected chi connectivity index (χ0v) is 22.4. The minimum atomic E-state index is -3.61.